The Hall–Kier alpha value is -0.273. The molecule has 0 radical (unpaired) electrons. The maximum atomic E-state index is 5.99. The lowest BCUT2D eigenvalue weighted by Crippen LogP contribution is -2.17. The van der Waals surface area contributed by atoms with Gasteiger partial charge in [-0.3, -0.25) is 0 Å². The van der Waals surface area contributed by atoms with Gasteiger partial charge < -0.3 is 0 Å². The molecule has 2 heteroatoms. The van der Waals surface area contributed by atoms with Crippen LogP contribution >= 0.6 is 11.1 Å². The average molecular weight is 199 g/mol. The van der Waals surface area contributed by atoms with E-state index in [1.54, 1.807) is 0 Å². The Morgan fingerprint density at radius 3 is 2.42 bits per heavy atom. The van der Waals surface area contributed by atoms with E-state index in [1.165, 1.54) is 16.3 Å². The van der Waals surface area contributed by atoms with E-state index in [2.05, 4.69) is 39.0 Å². The van der Waals surface area contributed by atoms with Crippen LogP contribution in [0.15, 0.2) is 18.2 Å². The highest BCUT2D eigenvalue weighted by molar-refractivity contribution is 7.01. The minimum Gasteiger partial charge on any atom is -0.170 e. The summed E-state index contributed by atoms with van der Waals surface area (Å²) in [6.45, 7) is 6.62. The van der Waals surface area contributed by atoms with Gasteiger partial charge in [-0.2, -0.15) is 11.1 Å². The maximum absolute atomic E-state index is 5.99. The molecule has 0 aliphatic rings. The lowest BCUT2D eigenvalue weighted by Gasteiger charge is -2.13. The molecule has 0 saturated heterocycles. The SMILES string of the molecule is Cc1cccc([SiH2]Cl)c1C(C)C. The summed E-state index contributed by atoms with van der Waals surface area (Å²) in [6, 6.07) is 6.44. The Morgan fingerprint density at radius 1 is 1.33 bits per heavy atom. The first kappa shape index (κ1) is 9.81. The van der Waals surface area contributed by atoms with Crippen molar-refractivity contribution in [2.75, 3.05) is 0 Å². The van der Waals surface area contributed by atoms with E-state index in [0.717, 1.165) is 0 Å². The summed E-state index contributed by atoms with van der Waals surface area (Å²) in [4.78, 5) is 0. The van der Waals surface area contributed by atoms with Gasteiger partial charge in [0.2, 0.25) is 0 Å². The summed E-state index contributed by atoms with van der Waals surface area (Å²) in [5.41, 5.74) is 2.86. The molecule has 0 aromatic heterocycles. The zero-order valence-electron chi connectivity index (χ0n) is 7.89. The average Bonchev–Trinajstić information content (AvgIpc) is 2.03. The van der Waals surface area contributed by atoms with Crippen LogP contribution < -0.4 is 5.19 Å². The van der Waals surface area contributed by atoms with Gasteiger partial charge in [-0.15, -0.1) is 0 Å². The summed E-state index contributed by atoms with van der Waals surface area (Å²) in [5.74, 6) is 0.604. The first-order chi connectivity index (χ1) is 5.66. The molecule has 0 spiro atoms. The number of halogens is 1. The molecule has 1 aromatic carbocycles. The molecule has 0 aliphatic heterocycles. The Bertz CT molecular complexity index is 269. The van der Waals surface area contributed by atoms with E-state index in [9.17, 15) is 0 Å². The molecular weight excluding hydrogens is 184 g/mol. The molecule has 1 aromatic rings. The second-order valence-electron chi connectivity index (χ2n) is 3.44. The third kappa shape index (κ3) is 1.90. The van der Waals surface area contributed by atoms with E-state index in [4.69, 9.17) is 11.1 Å². The van der Waals surface area contributed by atoms with Crippen LogP contribution in [0.3, 0.4) is 0 Å². The van der Waals surface area contributed by atoms with Crippen LogP contribution in [0.2, 0.25) is 0 Å². The predicted octanol–water partition coefficient (Wildman–Crippen LogP) is 2.07. The van der Waals surface area contributed by atoms with Crippen molar-refractivity contribution in [3.63, 3.8) is 0 Å². The van der Waals surface area contributed by atoms with E-state index in [1.807, 2.05) is 0 Å². The highest BCUT2D eigenvalue weighted by Crippen LogP contribution is 2.16. The third-order valence-electron chi connectivity index (χ3n) is 2.14. The second-order valence-corrected chi connectivity index (χ2v) is 5.27. The van der Waals surface area contributed by atoms with Crippen LogP contribution in [0.5, 0.6) is 0 Å². The number of aryl methyl sites for hydroxylation is 1. The van der Waals surface area contributed by atoms with Gasteiger partial charge >= 0.3 is 0 Å². The Kier molecular flexibility index (Phi) is 3.36. The fraction of sp³-hybridized carbons (Fsp3) is 0.400. The van der Waals surface area contributed by atoms with Crippen LogP contribution in [-0.4, -0.2) is 8.83 Å². The van der Waals surface area contributed by atoms with Gasteiger partial charge in [0.25, 0.3) is 0 Å². The van der Waals surface area contributed by atoms with E-state index < -0.39 is 8.83 Å². The van der Waals surface area contributed by atoms with Crippen LogP contribution in [0.4, 0.5) is 0 Å². The Labute approximate surface area is 81.5 Å². The van der Waals surface area contributed by atoms with Crippen molar-refractivity contribution in [2.45, 2.75) is 26.7 Å². The third-order valence-corrected chi connectivity index (χ3v) is 3.90. The first-order valence-corrected chi connectivity index (χ1v) is 7.15. The van der Waals surface area contributed by atoms with Crippen LogP contribution in [0, 0.1) is 6.92 Å². The normalized spacial score (nSPS) is 11.8. The molecule has 0 nitrogen and oxygen atoms in total. The number of benzene rings is 1. The van der Waals surface area contributed by atoms with Crippen LogP contribution in [-0.2, 0) is 0 Å². The molecule has 0 N–H and O–H groups in total. The van der Waals surface area contributed by atoms with Gasteiger partial charge in [0, 0.05) is 0 Å². The fourth-order valence-electron chi connectivity index (χ4n) is 1.68. The van der Waals surface area contributed by atoms with Crippen molar-refractivity contribution in [3.05, 3.63) is 29.3 Å². The molecule has 0 heterocycles. The van der Waals surface area contributed by atoms with Gasteiger partial charge in [-0.25, -0.2) is 0 Å². The van der Waals surface area contributed by atoms with Gasteiger partial charge in [-0.1, -0.05) is 32.0 Å². The Morgan fingerprint density at radius 2 is 2.00 bits per heavy atom. The molecule has 0 saturated carbocycles. The summed E-state index contributed by atoms with van der Waals surface area (Å²) < 4.78 is 0. The minimum absolute atomic E-state index is 0.530. The first-order valence-electron chi connectivity index (χ1n) is 4.31. The monoisotopic (exact) mass is 198 g/mol. The molecule has 0 atom stereocenters. The summed E-state index contributed by atoms with van der Waals surface area (Å²) in [5, 5.41) is 1.41. The topological polar surface area (TPSA) is 0 Å². The summed E-state index contributed by atoms with van der Waals surface area (Å²) >= 11 is 5.99. The molecule has 0 bridgehead atoms. The van der Waals surface area contributed by atoms with E-state index in [-0.39, 0.29) is 0 Å². The molecule has 0 unspecified atom stereocenters. The predicted molar refractivity (Wildman–Crippen MR) is 59.3 cm³/mol. The summed E-state index contributed by atoms with van der Waals surface area (Å²) in [6.07, 6.45) is 0. The molecule has 0 amide bonds. The molecule has 12 heavy (non-hydrogen) atoms. The largest absolute Gasteiger partial charge is 0.170 e. The maximum Gasteiger partial charge on any atom is 0.156 e. The molecule has 0 fully saturated rings. The quantitative estimate of drug-likeness (QED) is 0.504. The van der Waals surface area contributed by atoms with Crippen LogP contribution in [0.25, 0.3) is 0 Å². The Balaban J connectivity index is 3.20. The molecular formula is C10H15ClSi. The number of hydrogen-bond donors (Lipinski definition) is 0. The van der Waals surface area contributed by atoms with Crippen molar-refractivity contribution in [1.29, 1.82) is 0 Å². The lowest BCUT2D eigenvalue weighted by molar-refractivity contribution is 0.863. The highest BCUT2D eigenvalue weighted by atomic mass is 35.6. The molecule has 0 aliphatic carbocycles. The smallest absolute Gasteiger partial charge is 0.156 e. The van der Waals surface area contributed by atoms with Gasteiger partial charge in [0.1, 0.15) is 0 Å². The minimum atomic E-state index is -0.530. The van der Waals surface area contributed by atoms with Gasteiger partial charge in [0.15, 0.2) is 8.83 Å². The second kappa shape index (κ2) is 4.10. The van der Waals surface area contributed by atoms with E-state index >= 15 is 0 Å². The summed E-state index contributed by atoms with van der Waals surface area (Å²) in [7, 11) is -0.530. The van der Waals surface area contributed by atoms with Crippen molar-refractivity contribution in [3.8, 4) is 0 Å². The van der Waals surface area contributed by atoms with Gasteiger partial charge in [0.05, 0.1) is 0 Å². The van der Waals surface area contributed by atoms with Crippen molar-refractivity contribution >= 4 is 25.1 Å². The van der Waals surface area contributed by atoms with E-state index in [0.29, 0.717) is 5.92 Å². The van der Waals surface area contributed by atoms with Gasteiger partial charge in [-0.05, 0) is 29.2 Å². The lowest BCUT2D eigenvalue weighted by atomic mass is 9.98. The number of rotatable bonds is 2. The van der Waals surface area contributed by atoms with Crippen LogP contribution in [0.1, 0.15) is 30.9 Å². The fourth-order valence-corrected chi connectivity index (χ4v) is 3.44. The zero-order chi connectivity index (χ0) is 9.14. The molecule has 66 valence electrons. The number of hydrogen-bond acceptors (Lipinski definition) is 0. The zero-order valence-corrected chi connectivity index (χ0v) is 10.1. The molecule has 1 rings (SSSR count). The van der Waals surface area contributed by atoms with Crippen molar-refractivity contribution in [2.24, 2.45) is 0 Å². The van der Waals surface area contributed by atoms with Crippen molar-refractivity contribution < 1.29 is 0 Å². The van der Waals surface area contributed by atoms with Crippen molar-refractivity contribution in [1.82, 2.24) is 0 Å². The standard InChI is InChI=1S/C10H15ClSi/c1-7(2)10-8(3)5-4-6-9(10)12-11/h4-7H,12H2,1-3H3. The highest BCUT2D eigenvalue weighted by Gasteiger charge is 2.07.